The van der Waals surface area contributed by atoms with E-state index in [1.165, 1.54) is 16.7 Å². The molecule has 1 atom stereocenters. The zero-order chi connectivity index (χ0) is 26.4. The summed E-state index contributed by atoms with van der Waals surface area (Å²) in [7, 11) is 0. The van der Waals surface area contributed by atoms with Gasteiger partial charge in [-0.15, -0.1) is 0 Å². The maximum Gasteiger partial charge on any atom is 0.161 e. The van der Waals surface area contributed by atoms with Gasteiger partial charge in [0.2, 0.25) is 0 Å². The average molecular weight is 513 g/mol. The highest BCUT2D eigenvalue weighted by Crippen LogP contribution is 2.33. The number of nitrogens with one attached hydrogen (secondary N) is 1. The van der Waals surface area contributed by atoms with Crippen molar-refractivity contribution in [2.75, 3.05) is 11.1 Å². The first-order chi connectivity index (χ1) is 19.2. The van der Waals surface area contributed by atoms with Crippen LogP contribution in [0.5, 0.6) is 0 Å². The molecule has 194 valence electrons. The molecule has 1 aliphatic carbocycles. The third-order valence-electron chi connectivity index (χ3n) is 7.31. The van der Waals surface area contributed by atoms with Gasteiger partial charge in [0.25, 0.3) is 0 Å². The Morgan fingerprint density at radius 3 is 2.15 bits per heavy atom. The van der Waals surface area contributed by atoms with Crippen LogP contribution in [-0.2, 0) is 25.9 Å². The van der Waals surface area contributed by atoms with Crippen LogP contribution in [-0.4, -0.2) is 25.9 Å². The lowest BCUT2D eigenvalue weighted by molar-refractivity contribution is 0.161. The van der Waals surface area contributed by atoms with Gasteiger partial charge in [0.15, 0.2) is 5.82 Å². The molecule has 6 nitrogen and oxygen atoms in total. The molecule has 2 heterocycles. The molecular formula is C33H32N6. The van der Waals surface area contributed by atoms with E-state index in [4.69, 9.17) is 15.7 Å². The molecule has 6 heteroatoms. The van der Waals surface area contributed by atoms with E-state index in [-0.39, 0.29) is 0 Å². The van der Waals surface area contributed by atoms with Crippen LogP contribution in [0.3, 0.4) is 0 Å². The largest absolute Gasteiger partial charge is 0.399 e. The number of benzene rings is 3. The zero-order valence-electron chi connectivity index (χ0n) is 21.9. The van der Waals surface area contributed by atoms with Crippen molar-refractivity contribution in [2.45, 2.75) is 38.4 Å². The highest BCUT2D eigenvalue weighted by molar-refractivity contribution is 5.67. The molecule has 0 fully saturated rings. The van der Waals surface area contributed by atoms with Crippen LogP contribution in [0.25, 0.3) is 11.4 Å². The molecular weight excluding hydrogens is 480 g/mol. The lowest BCUT2D eigenvalue weighted by Gasteiger charge is -2.36. The fourth-order valence-electron chi connectivity index (χ4n) is 5.34. The monoisotopic (exact) mass is 512 g/mol. The number of rotatable bonds is 8. The number of anilines is 3. The van der Waals surface area contributed by atoms with E-state index in [2.05, 4.69) is 75.9 Å². The molecule has 3 N–H and O–H groups in total. The minimum atomic E-state index is 0.356. The van der Waals surface area contributed by atoms with Crippen molar-refractivity contribution in [1.82, 2.24) is 19.9 Å². The second-order valence-corrected chi connectivity index (χ2v) is 10.1. The lowest BCUT2D eigenvalue weighted by atomic mass is 9.90. The number of nitrogens with two attached hydrogens (primary N) is 1. The van der Waals surface area contributed by atoms with E-state index in [9.17, 15) is 0 Å². The molecule has 0 bridgehead atoms. The van der Waals surface area contributed by atoms with E-state index in [1.807, 2.05) is 36.4 Å². The molecule has 39 heavy (non-hydrogen) atoms. The zero-order valence-corrected chi connectivity index (χ0v) is 21.9. The second-order valence-electron chi connectivity index (χ2n) is 10.1. The Balaban J connectivity index is 1.36. The molecule has 0 spiro atoms. The number of nitrogen functional groups attached to an aromatic ring is 1. The molecule has 6 rings (SSSR count). The number of aromatic nitrogens is 3. The van der Waals surface area contributed by atoms with E-state index in [0.717, 1.165) is 55.1 Å². The molecule has 0 saturated heterocycles. The van der Waals surface area contributed by atoms with Gasteiger partial charge < -0.3 is 11.1 Å². The Morgan fingerprint density at radius 2 is 1.49 bits per heavy atom. The SMILES string of the molecule is Nc1cccc(Nc2nc(-c3ccncc3)nc3c2CC(N(Cc2ccccc2)Cc2ccccc2)CC3)c1. The van der Waals surface area contributed by atoms with Crippen LogP contribution in [0.1, 0.15) is 28.8 Å². The quantitative estimate of drug-likeness (QED) is 0.233. The van der Waals surface area contributed by atoms with Crippen molar-refractivity contribution < 1.29 is 0 Å². The Bertz CT molecular complexity index is 1480. The highest BCUT2D eigenvalue weighted by atomic mass is 15.2. The van der Waals surface area contributed by atoms with Gasteiger partial charge in [-0.3, -0.25) is 9.88 Å². The fraction of sp³-hybridized carbons (Fsp3) is 0.182. The van der Waals surface area contributed by atoms with Gasteiger partial charge in [-0.05, 0) is 60.7 Å². The van der Waals surface area contributed by atoms with E-state index < -0.39 is 0 Å². The number of pyridine rings is 1. The van der Waals surface area contributed by atoms with Crippen LogP contribution < -0.4 is 11.1 Å². The average Bonchev–Trinajstić information content (AvgIpc) is 2.98. The molecule has 0 saturated carbocycles. The Labute approximate surface area is 229 Å². The molecule has 1 unspecified atom stereocenters. The van der Waals surface area contributed by atoms with Gasteiger partial charge in [-0.2, -0.15) is 0 Å². The van der Waals surface area contributed by atoms with E-state index >= 15 is 0 Å². The van der Waals surface area contributed by atoms with Crippen LogP contribution in [0.4, 0.5) is 17.2 Å². The van der Waals surface area contributed by atoms with Crippen LogP contribution in [0.15, 0.2) is 109 Å². The van der Waals surface area contributed by atoms with Crippen molar-refractivity contribution in [3.8, 4) is 11.4 Å². The Hall–Kier alpha value is -4.55. The van der Waals surface area contributed by atoms with Gasteiger partial charge in [-0.1, -0.05) is 66.7 Å². The van der Waals surface area contributed by atoms with Crippen LogP contribution in [0, 0.1) is 0 Å². The molecule has 1 aliphatic rings. The fourth-order valence-corrected chi connectivity index (χ4v) is 5.34. The van der Waals surface area contributed by atoms with Crippen LogP contribution in [0.2, 0.25) is 0 Å². The van der Waals surface area contributed by atoms with Gasteiger partial charge in [0, 0.05) is 59.7 Å². The number of hydrogen-bond acceptors (Lipinski definition) is 6. The third-order valence-corrected chi connectivity index (χ3v) is 7.31. The molecule has 0 aliphatic heterocycles. The third kappa shape index (κ3) is 5.97. The van der Waals surface area contributed by atoms with Crippen molar-refractivity contribution in [2.24, 2.45) is 0 Å². The van der Waals surface area contributed by atoms with Crippen molar-refractivity contribution in [3.63, 3.8) is 0 Å². The second kappa shape index (κ2) is 11.5. The van der Waals surface area contributed by atoms with Crippen molar-refractivity contribution >= 4 is 17.2 Å². The predicted octanol–water partition coefficient (Wildman–Crippen LogP) is 6.42. The molecule has 3 aromatic carbocycles. The molecule has 0 amide bonds. The first kappa shape index (κ1) is 24.8. The smallest absolute Gasteiger partial charge is 0.161 e. The van der Waals surface area contributed by atoms with Gasteiger partial charge >= 0.3 is 0 Å². The number of aryl methyl sites for hydroxylation is 1. The maximum absolute atomic E-state index is 6.09. The molecule has 2 aromatic heterocycles. The number of nitrogens with zero attached hydrogens (tertiary/aromatic N) is 4. The van der Waals surface area contributed by atoms with Crippen molar-refractivity contribution in [3.05, 3.63) is 132 Å². The summed E-state index contributed by atoms with van der Waals surface area (Å²) in [5.41, 5.74) is 13.6. The minimum absolute atomic E-state index is 0.356. The Morgan fingerprint density at radius 1 is 0.795 bits per heavy atom. The summed E-state index contributed by atoms with van der Waals surface area (Å²) in [5.74, 6) is 1.56. The van der Waals surface area contributed by atoms with E-state index in [1.54, 1.807) is 12.4 Å². The van der Waals surface area contributed by atoms with Crippen molar-refractivity contribution in [1.29, 1.82) is 0 Å². The summed E-state index contributed by atoms with van der Waals surface area (Å²) in [6, 6.07) is 33.6. The Kier molecular flexibility index (Phi) is 7.28. The summed E-state index contributed by atoms with van der Waals surface area (Å²) in [4.78, 5) is 16.8. The summed E-state index contributed by atoms with van der Waals surface area (Å²) >= 11 is 0. The van der Waals surface area contributed by atoms with Crippen LogP contribution >= 0.6 is 0 Å². The van der Waals surface area contributed by atoms with E-state index in [0.29, 0.717) is 17.6 Å². The van der Waals surface area contributed by atoms with Gasteiger partial charge in [0.05, 0.1) is 0 Å². The summed E-state index contributed by atoms with van der Waals surface area (Å²) in [6.45, 7) is 1.79. The predicted molar refractivity (Wildman–Crippen MR) is 157 cm³/mol. The van der Waals surface area contributed by atoms with Gasteiger partial charge in [-0.25, -0.2) is 9.97 Å². The first-order valence-corrected chi connectivity index (χ1v) is 13.5. The maximum atomic E-state index is 6.09. The molecule has 0 radical (unpaired) electrons. The summed E-state index contributed by atoms with van der Waals surface area (Å²) < 4.78 is 0. The molecule has 5 aromatic rings. The lowest BCUT2D eigenvalue weighted by Crippen LogP contribution is -2.39. The topological polar surface area (TPSA) is 80.0 Å². The van der Waals surface area contributed by atoms with Gasteiger partial charge in [0.1, 0.15) is 5.82 Å². The minimum Gasteiger partial charge on any atom is -0.399 e. The number of hydrogen-bond donors (Lipinski definition) is 2. The summed E-state index contributed by atoms with van der Waals surface area (Å²) in [6.07, 6.45) is 6.37. The normalized spacial score (nSPS) is 14.6. The number of fused-ring (bicyclic) bond motifs is 1. The standard InChI is InChI=1S/C33H32N6/c34-27-12-7-13-28(20-27)36-33-30-21-29(14-15-31(30)37-32(38-33)26-16-18-35-19-17-26)39(22-24-8-3-1-4-9-24)23-25-10-5-2-6-11-25/h1-13,16-20,29H,14-15,21-23,34H2,(H,36,37,38). The highest BCUT2D eigenvalue weighted by Gasteiger charge is 2.29. The first-order valence-electron chi connectivity index (χ1n) is 13.5. The summed E-state index contributed by atoms with van der Waals surface area (Å²) in [5, 5.41) is 3.58.